The van der Waals surface area contributed by atoms with Crippen LogP contribution in [0.2, 0.25) is 0 Å². The molecule has 0 heterocycles. The van der Waals surface area contributed by atoms with Gasteiger partial charge in [0.1, 0.15) is 0 Å². The molecule has 90 valence electrons. The van der Waals surface area contributed by atoms with Crippen molar-refractivity contribution in [2.45, 2.75) is 38.7 Å². The zero-order valence-corrected chi connectivity index (χ0v) is 9.87. The van der Waals surface area contributed by atoms with E-state index in [1.165, 1.54) is 7.11 Å². The van der Waals surface area contributed by atoms with Crippen molar-refractivity contribution in [2.75, 3.05) is 7.11 Å². The van der Waals surface area contributed by atoms with Gasteiger partial charge in [0.2, 0.25) is 0 Å². The summed E-state index contributed by atoms with van der Waals surface area (Å²) >= 11 is 0. The maximum atomic E-state index is 13.7. The highest BCUT2D eigenvalue weighted by molar-refractivity contribution is 5.31. The number of hydrogen-bond donors (Lipinski definition) is 1. The van der Waals surface area contributed by atoms with E-state index < -0.39 is 0 Å². The van der Waals surface area contributed by atoms with Crippen LogP contribution in [0.4, 0.5) is 4.39 Å². The van der Waals surface area contributed by atoms with Crippen molar-refractivity contribution in [1.82, 2.24) is 0 Å². The average molecular weight is 226 g/mol. The standard InChI is InChI=1S/C13H19FO2/c1-3-5-11(15)9-8-10-6-4-7-12(16-2)13(10)14/h4,6-7,11,15H,3,5,8-9H2,1-2H3. The summed E-state index contributed by atoms with van der Waals surface area (Å²) in [5.74, 6) is -0.0452. The number of ether oxygens (including phenoxy) is 1. The van der Waals surface area contributed by atoms with Crippen LogP contribution in [0.25, 0.3) is 0 Å². The minimum Gasteiger partial charge on any atom is -0.494 e. The van der Waals surface area contributed by atoms with Crippen LogP contribution in [0.1, 0.15) is 31.7 Å². The van der Waals surface area contributed by atoms with E-state index in [-0.39, 0.29) is 17.7 Å². The molecule has 0 aromatic heterocycles. The lowest BCUT2D eigenvalue weighted by Gasteiger charge is -2.10. The Morgan fingerprint density at radius 3 is 2.75 bits per heavy atom. The van der Waals surface area contributed by atoms with E-state index in [1.54, 1.807) is 18.2 Å². The molecule has 0 aliphatic heterocycles. The average Bonchev–Trinajstić information content (AvgIpc) is 2.28. The quantitative estimate of drug-likeness (QED) is 0.808. The molecule has 0 aliphatic carbocycles. The highest BCUT2D eigenvalue weighted by Crippen LogP contribution is 2.21. The summed E-state index contributed by atoms with van der Waals surface area (Å²) in [5, 5.41) is 9.57. The molecule has 1 aromatic carbocycles. The zero-order chi connectivity index (χ0) is 12.0. The van der Waals surface area contributed by atoms with Crippen LogP contribution >= 0.6 is 0 Å². The highest BCUT2D eigenvalue weighted by Gasteiger charge is 2.10. The summed E-state index contributed by atoms with van der Waals surface area (Å²) in [7, 11) is 1.45. The molecule has 1 N–H and O–H groups in total. The van der Waals surface area contributed by atoms with Crippen molar-refractivity contribution in [3.05, 3.63) is 29.6 Å². The van der Waals surface area contributed by atoms with E-state index in [1.807, 2.05) is 6.92 Å². The zero-order valence-electron chi connectivity index (χ0n) is 9.87. The molecule has 0 amide bonds. The number of halogens is 1. The SMILES string of the molecule is CCCC(O)CCc1cccc(OC)c1F. The van der Waals surface area contributed by atoms with Gasteiger partial charge < -0.3 is 9.84 Å². The summed E-state index contributed by atoms with van der Waals surface area (Å²) in [6.45, 7) is 2.02. The molecular formula is C13H19FO2. The minimum absolute atomic E-state index is 0.266. The molecule has 2 nitrogen and oxygen atoms in total. The molecule has 16 heavy (non-hydrogen) atoms. The molecule has 3 heteroatoms. The van der Waals surface area contributed by atoms with Gasteiger partial charge in [-0.15, -0.1) is 0 Å². The first-order valence-corrected chi connectivity index (χ1v) is 5.68. The van der Waals surface area contributed by atoms with Crippen LogP contribution in [0.15, 0.2) is 18.2 Å². The van der Waals surface area contributed by atoms with Crippen LogP contribution in [-0.4, -0.2) is 18.3 Å². The Kier molecular flexibility index (Phi) is 5.26. The van der Waals surface area contributed by atoms with Gasteiger partial charge in [-0.2, -0.15) is 0 Å². The Morgan fingerprint density at radius 1 is 1.38 bits per heavy atom. The largest absolute Gasteiger partial charge is 0.494 e. The number of aliphatic hydroxyl groups is 1. The number of aryl methyl sites for hydroxylation is 1. The fourth-order valence-corrected chi connectivity index (χ4v) is 1.71. The third kappa shape index (κ3) is 3.49. The summed E-state index contributed by atoms with van der Waals surface area (Å²) < 4.78 is 18.6. The van der Waals surface area contributed by atoms with Gasteiger partial charge in [-0.1, -0.05) is 25.5 Å². The summed E-state index contributed by atoms with van der Waals surface area (Å²) in [6, 6.07) is 5.10. The Balaban J connectivity index is 2.60. The number of benzene rings is 1. The van der Waals surface area contributed by atoms with Gasteiger partial charge in [-0.05, 0) is 30.9 Å². The molecule has 0 radical (unpaired) electrons. The van der Waals surface area contributed by atoms with E-state index in [2.05, 4.69) is 0 Å². The number of rotatable bonds is 6. The second-order valence-electron chi connectivity index (χ2n) is 3.91. The number of hydrogen-bond acceptors (Lipinski definition) is 2. The van der Waals surface area contributed by atoms with Crippen molar-refractivity contribution in [3.63, 3.8) is 0 Å². The van der Waals surface area contributed by atoms with Crippen LogP contribution in [0.5, 0.6) is 5.75 Å². The van der Waals surface area contributed by atoms with Crippen molar-refractivity contribution in [2.24, 2.45) is 0 Å². The van der Waals surface area contributed by atoms with E-state index in [9.17, 15) is 9.50 Å². The van der Waals surface area contributed by atoms with Crippen LogP contribution in [0.3, 0.4) is 0 Å². The maximum Gasteiger partial charge on any atom is 0.168 e. The molecule has 0 bridgehead atoms. The fourth-order valence-electron chi connectivity index (χ4n) is 1.71. The van der Waals surface area contributed by atoms with Crippen molar-refractivity contribution < 1.29 is 14.2 Å². The van der Waals surface area contributed by atoms with Gasteiger partial charge in [-0.3, -0.25) is 0 Å². The molecule has 1 unspecified atom stereocenters. The third-order valence-electron chi connectivity index (χ3n) is 2.63. The van der Waals surface area contributed by atoms with E-state index in [0.717, 1.165) is 12.8 Å². The summed E-state index contributed by atoms with van der Waals surface area (Å²) in [5.41, 5.74) is 0.606. The lowest BCUT2D eigenvalue weighted by molar-refractivity contribution is 0.153. The van der Waals surface area contributed by atoms with Crippen LogP contribution in [0, 0.1) is 5.82 Å². The Bertz CT molecular complexity index is 326. The monoisotopic (exact) mass is 226 g/mol. The summed E-state index contributed by atoms with van der Waals surface area (Å²) in [6.07, 6.45) is 2.52. The maximum absolute atomic E-state index is 13.7. The fraction of sp³-hybridized carbons (Fsp3) is 0.538. The lowest BCUT2D eigenvalue weighted by atomic mass is 10.0. The van der Waals surface area contributed by atoms with E-state index in [4.69, 9.17) is 4.74 Å². The second kappa shape index (κ2) is 6.48. The highest BCUT2D eigenvalue weighted by atomic mass is 19.1. The molecule has 1 atom stereocenters. The van der Waals surface area contributed by atoms with Crippen molar-refractivity contribution >= 4 is 0 Å². The Hall–Kier alpha value is -1.09. The number of aliphatic hydroxyl groups excluding tert-OH is 1. The van der Waals surface area contributed by atoms with Crippen LogP contribution in [-0.2, 0) is 6.42 Å². The van der Waals surface area contributed by atoms with Gasteiger partial charge in [0.05, 0.1) is 13.2 Å². The predicted octanol–water partition coefficient (Wildman–Crippen LogP) is 2.93. The van der Waals surface area contributed by atoms with Crippen molar-refractivity contribution in [3.8, 4) is 5.75 Å². The van der Waals surface area contributed by atoms with Crippen LogP contribution < -0.4 is 4.74 Å². The smallest absolute Gasteiger partial charge is 0.168 e. The molecule has 0 spiro atoms. The topological polar surface area (TPSA) is 29.5 Å². The molecule has 1 rings (SSSR count). The lowest BCUT2D eigenvalue weighted by Crippen LogP contribution is -2.08. The van der Waals surface area contributed by atoms with E-state index in [0.29, 0.717) is 18.4 Å². The normalized spacial score (nSPS) is 12.5. The molecule has 0 fully saturated rings. The van der Waals surface area contributed by atoms with Gasteiger partial charge in [-0.25, -0.2) is 4.39 Å². The van der Waals surface area contributed by atoms with Gasteiger partial charge in [0, 0.05) is 0 Å². The minimum atomic E-state index is -0.337. The first-order valence-electron chi connectivity index (χ1n) is 5.68. The Labute approximate surface area is 96.1 Å². The third-order valence-corrected chi connectivity index (χ3v) is 2.63. The summed E-state index contributed by atoms with van der Waals surface area (Å²) in [4.78, 5) is 0. The molecule has 0 saturated heterocycles. The van der Waals surface area contributed by atoms with Crippen molar-refractivity contribution in [1.29, 1.82) is 0 Å². The number of methoxy groups -OCH3 is 1. The Morgan fingerprint density at radius 2 is 2.12 bits per heavy atom. The van der Waals surface area contributed by atoms with E-state index >= 15 is 0 Å². The first kappa shape index (κ1) is 13.0. The predicted molar refractivity (Wildman–Crippen MR) is 62.2 cm³/mol. The van der Waals surface area contributed by atoms with Gasteiger partial charge in [0.15, 0.2) is 11.6 Å². The molecule has 0 saturated carbocycles. The molecule has 0 aliphatic rings. The van der Waals surface area contributed by atoms with Gasteiger partial charge in [0.25, 0.3) is 0 Å². The second-order valence-corrected chi connectivity index (χ2v) is 3.91. The molecule has 1 aromatic rings. The van der Waals surface area contributed by atoms with Gasteiger partial charge >= 0.3 is 0 Å². The molecular weight excluding hydrogens is 207 g/mol. The first-order chi connectivity index (χ1) is 7.69.